The highest BCUT2D eigenvalue weighted by atomic mass is 16.3. The Bertz CT molecular complexity index is 1290. The number of carbonyl (C=O) groups is 1. The summed E-state index contributed by atoms with van der Waals surface area (Å²) in [5, 5.41) is 23.2. The molecular weight excluding hydrogens is 891 g/mol. The van der Waals surface area contributed by atoms with Crippen molar-refractivity contribution >= 4 is 5.91 Å². The Hall–Kier alpha value is -2.43. The van der Waals surface area contributed by atoms with E-state index in [2.05, 4.69) is 92.1 Å². The Balaban J connectivity index is 3.52. The minimum Gasteiger partial charge on any atom is -0.394 e. The molecule has 4 nitrogen and oxygen atoms in total. The van der Waals surface area contributed by atoms with Crippen molar-refractivity contribution in [2.75, 3.05) is 6.61 Å². The van der Waals surface area contributed by atoms with Gasteiger partial charge in [-0.25, -0.2) is 0 Å². The molecule has 0 fully saturated rings. The van der Waals surface area contributed by atoms with Gasteiger partial charge in [0, 0.05) is 6.42 Å². The van der Waals surface area contributed by atoms with Gasteiger partial charge in [-0.15, -0.1) is 0 Å². The fourth-order valence-corrected chi connectivity index (χ4v) is 9.74. The van der Waals surface area contributed by atoms with E-state index in [9.17, 15) is 15.0 Å². The first-order valence-electron chi connectivity index (χ1n) is 32.3. The lowest BCUT2D eigenvalue weighted by molar-refractivity contribution is -0.123. The summed E-state index contributed by atoms with van der Waals surface area (Å²) >= 11 is 0. The lowest BCUT2D eigenvalue weighted by atomic mass is 10.0. The third kappa shape index (κ3) is 60.3. The first kappa shape index (κ1) is 70.6. The molecule has 0 saturated heterocycles. The van der Waals surface area contributed by atoms with E-state index in [1.807, 2.05) is 6.08 Å². The first-order chi connectivity index (χ1) is 36.2. The van der Waals surface area contributed by atoms with Gasteiger partial charge in [0.15, 0.2) is 0 Å². The Labute approximate surface area is 456 Å². The van der Waals surface area contributed by atoms with Crippen LogP contribution in [0.4, 0.5) is 0 Å². The van der Waals surface area contributed by atoms with E-state index in [0.29, 0.717) is 6.42 Å². The quantitative estimate of drug-likeness (QED) is 0.0420. The Kier molecular flexibility index (Phi) is 61.7. The standard InChI is InChI=1S/C69H125NO3/c1-3-5-7-9-11-13-15-17-19-21-23-25-27-29-31-33-35-37-39-41-43-45-47-49-51-53-55-57-59-61-63-65-69(73)70-67(66-71)68(72)64-62-60-58-56-54-52-50-48-46-44-42-40-38-36-34-32-30-28-26-24-22-20-18-16-14-12-10-8-6-4-2/h5,7,11,13,17,19,23,25,46,48,54,56,62,64,67-68,71-72H,3-4,6,8-10,12,14-16,18,20-22,24,26-45,47,49-53,55,57-61,63,65-66H2,1-2H3,(H,70,73)/b7-5-,13-11-,19-17-,25-23-,48-46+,56-54+,64-62+. The van der Waals surface area contributed by atoms with Gasteiger partial charge < -0.3 is 15.5 Å². The summed E-state index contributed by atoms with van der Waals surface area (Å²) in [5.74, 6) is -0.0755. The number of aliphatic hydroxyl groups excluding tert-OH is 2. The van der Waals surface area contributed by atoms with Crippen LogP contribution in [0.3, 0.4) is 0 Å². The van der Waals surface area contributed by atoms with Gasteiger partial charge in [0.25, 0.3) is 0 Å². The molecule has 0 rings (SSSR count). The van der Waals surface area contributed by atoms with Gasteiger partial charge in [-0.05, 0) is 83.5 Å². The van der Waals surface area contributed by atoms with Crippen molar-refractivity contribution < 1.29 is 15.0 Å². The number of carbonyl (C=O) groups excluding carboxylic acids is 1. The zero-order valence-corrected chi connectivity index (χ0v) is 48.9. The van der Waals surface area contributed by atoms with Crippen LogP contribution >= 0.6 is 0 Å². The number of amides is 1. The normalized spacial score (nSPS) is 13.3. The fraction of sp³-hybridized carbons (Fsp3) is 0.783. The Morgan fingerprint density at radius 2 is 0.616 bits per heavy atom. The second kappa shape index (κ2) is 63.9. The fourth-order valence-electron chi connectivity index (χ4n) is 9.74. The van der Waals surface area contributed by atoms with Crippen molar-refractivity contribution in [2.24, 2.45) is 0 Å². The lowest BCUT2D eigenvalue weighted by Gasteiger charge is -2.19. The largest absolute Gasteiger partial charge is 0.394 e. The monoisotopic (exact) mass is 1020 g/mol. The molecule has 0 bridgehead atoms. The zero-order chi connectivity index (χ0) is 52.7. The summed E-state index contributed by atoms with van der Waals surface area (Å²) in [5.41, 5.74) is 0. The maximum Gasteiger partial charge on any atom is 0.220 e. The number of aliphatic hydroxyl groups is 2. The van der Waals surface area contributed by atoms with Gasteiger partial charge in [0.1, 0.15) is 0 Å². The smallest absolute Gasteiger partial charge is 0.220 e. The predicted molar refractivity (Wildman–Crippen MR) is 327 cm³/mol. The molecule has 0 aliphatic carbocycles. The second-order valence-electron chi connectivity index (χ2n) is 21.8. The molecule has 3 N–H and O–H groups in total. The third-order valence-electron chi connectivity index (χ3n) is 14.6. The molecule has 0 aliphatic heterocycles. The Morgan fingerprint density at radius 1 is 0.342 bits per heavy atom. The number of rotatable bonds is 59. The first-order valence-corrected chi connectivity index (χ1v) is 32.3. The van der Waals surface area contributed by atoms with Gasteiger partial charge >= 0.3 is 0 Å². The highest BCUT2D eigenvalue weighted by molar-refractivity contribution is 5.76. The minimum absolute atomic E-state index is 0.0755. The van der Waals surface area contributed by atoms with Crippen molar-refractivity contribution in [2.45, 2.75) is 341 Å². The SMILES string of the molecule is CC/C=C\C/C=C\C/C=C\C/C=C\CCCCCCCCCCCCCCCCCCCCC(=O)NC(CO)C(O)/C=C/CC/C=C/CC/C=C/CCCCCCCCCCCCCCCCCCCCCC. The summed E-state index contributed by atoms with van der Waals surface area (Å²) < 4.78 is 0. The molecule has 424 valence electrons. The van der Waals surface area contributed by atoms with E-state index in [4.69, 9.17) is 0 Å². The number of allylic oxidation sites excluding steroid dienone is 13. The van der Waals surface area contributed by atoms with E-state index in [1.54, 1.807) is 6.08 Å². The maximum atomic E-state index is 12.5. The van der Waals surface area contributed by atoms with Crippen molar-refractivity contribution in [1.29, 1.82) is 0 Å². The average molecular weight is 1020 g/mol. The number of hydrogen-bond acceptors (Lipinski definition) is 3. The molecule has 2 unspecified atom stereocenters. The Morgan fingerprint density at radius 3 is 0.959 bits per heavy atom. The van der Waals surface area contributed by atoms with Crippen LogP contribution in [0.15, 0.2) is 85.1 Å². The van der Waals surface area contributed by atoms with Crippen LogP contribution in [0, 0.1) is 0 Å². The summed E-state index contributed by atoms with van der Waals surface area (Å²) in [4.78, 5) is 12.5. The van der Waals surface area contributed by atoms with Crippen molar-refractivity contribution in [3.63, 3.8) is 0 Å². The van der Waals surface area contributed by atoms with Gasteiger partial charge in [-0.1, -0.05) is 324 Å². The van der Waals surface area contributed by atoms with Crippen LogP contribution in [0.25, 0.3) is 0 Å². The average Bonchev–Trinajstić information content (AvgIpc) is 3.40. The topological polar surface area (TPSA) is 69.6 Å². The van der Waals surface area contributed by atoms with E-state index < -0.39 is 12.1 Å². The summed E-state index contributed by atoms with van der Waals surface area (Å²) in [7, 11) is 0. The molecule has 0 aromatic heterocycles. The highest BCUT2D eigenvalue weighted by Crippen LogP contribution is 2.17. The van der Waals surface area contributed by atoms with Crippen LogP contribution in [0.2, 0.25) is 0 Å². The van der Waals surface area contributed by atoms with Crippen LogP contribution in [0.5, 0.6) is 0 Å². The maximum absolute atomic E-state index is 12.5. The van der Waals surface area contributed by atoms with Crippen LogP contribution in [-0.4, -0.2) is 34.9 Å². The summed E-state index contributed by atoms with van der Waals surface area (Å²) in [6, 6.07) is -0.650. The van der Waals surface area contributed by atoms with E-state index >= 15 is 0 Å². The number of nitrogens with one attached hydrogen (secondary N) is 1. The van der Waals surface area contributed by atoms with E-state index in [0.717, 1.165) is 64.2 Å². The van der Waals surface area contributed by atoms with Gasteiger partial charge in [-0.2, -0.15) is 0 Å². The molecule has 73 heavy (non-hydrogen) atoms. The molecule has 0 saturated carbocycles. The van der Waals surface area contributed by atoms with E-state index in [1.165, 1.54) is 244 Å². The van der Waals surface area contributed by atoms with Crippen molar-refractivity contribution in [3.05, 3.63) is 85.1 Å². The predicted octanol–water partition coefficient (Wildman–Crippen LogP) is 21.9. The lowest BCUT2D eigenvalue weighted by Crippen LogP contribution is -2.45. The van der Waals surface area contributed by atoms with E-state index in [-0.39, 0.29) is 12.5 Å². The van der Waals surface area contributed by atoms with Gasteiger partial charge in [-0.3, -0.25) is 4.79 Å². The van der Waals surface area contributed by atoms with Crippen molar-refractivity contribution in [1.82, 2.24) is 5.32 Å². The summed E-state index contributed by atoms with van der Waals surface area (Å²) in [6.07, 6.45) is 93.6. The molecule has 1 amide bonds. The minimum atomic E-state index is -0.875. The van der Waals surface area contributed by atoms with Crippen LogP contribution < -0.4 is 5.32 Å². The molecule has 0 aliphatic rings. The highest BCUT2D eigenvalue weighted by Gasteiger charge is 2.18. The van der Waals surface area contributed by atoms with Crippen LogP contribution in [0.1, 0.15) is 328 Å². The third-order valence-corrected chi connectivity index (χ3v) is 14.6. The molecule has 0 aromatic rings. The molecule has 0 spiro atoms. The number of unbranched alkanes of at least 4 members (excludes halogenated alkanes) is 40. The molecule has 4 heteroatoms. The number of hydrogen-bond donors (Lipinski definition) is 3. The van der Waals surface area contributed by atoms with Crippen LogP contribution in [-0.2, 0) is 4.79 Å². The zero-order valence-electron chi connectivity index (χ0n) is 48.9. The molecule has 0 aromatic carbocycles. The molecule has 2 atom stereocenters. The summed E-state index contributed by atoms with van der Waals surface area (Å²) in [6.45, 7) is 4.21. The molecule has 0 radical (unpaired) electrons. The van der Waals surface area contributed by atoms with Crippen molar-refractivity contribution in [3.8, 4) is 0 Å². The molecular formula is C69H125NO3. The second-order valence-corrected chi connectivity index (χ2v) is 21.8. The molecule has 0 heterocycles. The van der Waals surface area contributed by atoms with Gasteiger partial charge in [0.2, 0.25) is 5.91 Å². The van der Waals surface area contributed by atoms with Gasteiger partial charge in [0.05, 0.1) is 18.8 Å².